The van der Waals surface area contributed by atoms with Crippen molar-refractivity contribution in [1.29, 1.82) is 0 Å². The summed E-state index contributed by atoms with van der Waals surface area (Å²) in [6.45, 7) is 3.56. The molecule has 4 heteroatoms. The first-order valence-corrected chi connectivity index (χ1v) is 5.76. The Morgan fingerprint density at radius 3 is 2.65 bits per heavy atom. The molecule has 1 saturated heterocycles. The van der Waals surface area contributed by atoms with Crippen LogP contribution in [0, 0.1) is 12.8 Å². The molecule has 1 amide bonds. The Hall–Kier alpha value is -1.55. The van der Waals surface area contributed by atoms with Crippen molar-refractivity contribution in [3.63, 3.8) is 0 Å². The Bertz CT molecular complexity index is 427. The molecule has 1 aromatic carbocycles. The van der Waals surface area contributed by atoms with Crippen LogP contribution in [0.1, 0.15) is 5.56 Å². The van der Waals surface area contributed by atoms with Crippen molar-refractivity contribution >= 4 is 11.6 Å². The molecule has 0 spiro atoms. The van der Waals surface area contributed by atoms with E-state index in [0.717, 1.165) is 30.1 Å². The average molecular weight is 234 g/mol. The maximum atomic E-state index is 12.0. The van der Waals surface area contributed by atoms with Crippen molar-refractivity contribution in [2.24, 2.45) is 5.92 Å². The third kappa shape index (κ3) is 2.26. The molecule has 1 heterocycles. The molecule has 0 radical (unpaired) electrons. The molecule has 4 nitrogen and oxygen atoms in total. The van der Waals surface area contributed by atoms with Gasteiger partial charge in [0.1, 0.15) is 5.75 Å². The van der Waals surface area contributed by atoms with Gasteiger partial charge in [0.05, 0.1) is 13.0 Å². The molecular formula is C13H18N2O2. The highest BCUT2D eigenvalue weighted by Gasteiger charge is 2.28. The van der Waals surface area contributed by atoms with Crippen LogP contribution in [0.15, 0.2) is 18.2 Å². The second-order valence-electron chi connectivity index (χ2n) is 4.41. The second-order valence-corrected chi connectivity index (χ2v) is 4.41. The van der Waals surface area contributed by atoms with Crippen LogP contribution in [0.25, 0.3) is 0 Å². The van der Waals surface area contributed by atoms with E-state index in [9.17, 15) is 4.79 Å². The van der Waals surface area contributed by atoms with Crippen molar-refractivity contribution in [3.05, 3.63) is 23.8 Å². The molecule has 0 atom stereocenters. The minimum absolute atomic E-state index is 0.127. The smallest absolute Gasteiger partial charge is 0.232 e. The number of aryl methyl sites for hydroxylation is 1. The predicted molar refractivity (Wildman–Crippen MR) is 67.5 cm³/mol. The van der Waals surface area contributed by atoms with Gasteiger partial charge in [0.2, 0.25) is 5.91 Å². The van der Waals surface area contributed by atoms with E-state index in [1.54, 1.807) is 12.0 Å². The zero-order valence-corrected chi connectivity index (χ0v) is 10.5. The first kappa shape index (κ1) is 11.9. The molecule has 1 aliphatic rings. The van der Waals surface area contributed by atoms with E-state index in [1.165, 1.54) is 0 Å². The third-order valence-corrected chi connectivity index (χ3v) is 3.23. The molecule has 0 aliphatic carbocycles. The average Bonchev–Trinajstić information content (AvgIpc) is 2.25. The molecule has 1 N–H and O–H groups in total. The molecule has 1 aliphatic heterocycles. The van der Waals surface area contributed by atoms with Gasteiger partial charge in [0.15, 0.2) is 0 Å². The van der Waals surface area contributed by atoms with E-state index >= 15 is 0 Å². The highest BCUT2D eigenvalue weighted by atomic mass is 16.5. The maximum absolute atomic E-state index is 12.0. The SMILES string of the molecule is COc1ccc(N(C)C(=O)C2CNC2)cc1C. The number of carbonyl (C=O) groups is 1. The first-order valence-electron chi connectivity index (χ1n) is 5.76. The van der Waals surface area contributed by atoms with Crippen LogP contribution in [0.2, 0.25) is 0 Å². The van der Waals surface area contributed by atoms with E-state index in [1.807, 2.05) is 32.2 Å². The molecule has 92 valence electrons. The van der Waals surface area contributed by atoms with Crippen molar-refractivity contribution in [1.82, 2.24) is 5.32 Å². The fourth-order valence-corrected chi connectivity index (χ4v) is 1.94. The molecular weight excluding hydrogens is 216 g/mol. The zero-order valence-electron chi connectivity index (χ0n) is 10.5. The number of ether oxygens (including phenoxy) is 1. The lowest BCUT2D eigenvalue weighted by atomic mass is 10.0. The number of nitrogens with one attached hydrogen (secondary N) is 1. The molecule has 0 aromatic heterocycles. The Kier molecular flexibility index (Phi) is 3.33. The number of hydrogen-bond acceptors (Lipinski definition) is 3. The number of benzene rings is 1. The lowest BCUT2D eigenvalue weighted by Crippen LogP contribution is -2.51. The molecule has 0 bridgehead atoms. The third-order valence-electron chi connectivity index (χ3n) is 3.23. The summed E-state index contributed by atoms with van der Waals surface area (Å²) in [5.74, 6) is 1.15. The van der Waals surface area contributed by atoms with E-state index in [4.69, 9.17) is 4.74 Å². The van der Waals surface area contributed by atoms with Crippen molar-refractivity contribution in [3.8, 4) is 5.75 Å². The summed E-state index contributed by atoms with van der Waals surface area (Å²) < 4.78 is 5.21. The van der Waals surface area contributed by atoms with E-state index in [-0.39, 0.29) is 11.8 Å². The zero-order chi connectivity index (χ0) is 12.4. The van der Waals surface area contributed by atoms with E-state index < -0.39 is 0 Å². The summed E-state index contributed by atoms with van der Waals surface area (Å²) in [5, 5.41) is 3.11. The van der Waals surface area contributed by atoms with Crippen LogP contribution < -0.4 is 15.0 Å². The fourth-order valence-electron chi connectivity index (χ4n) is 1.94. The normalized spacial score (nSPS) is 15.2. The summed E-state index contributed by atoms with van der Waals surface area (Å²) in [4.78, 5) is 13.8. The molecule has 0 saturated carbocycles. The summed E-state index contributed by atoms with van der Waals surface area (Å²) in [7, 11) is 3.47. The summed E-state index contributed by atoms with van der Waals surface area (Å²) in [6, 6.07) is 5.78. The first-order chi connectivity index (χ1) is 8.13. The Morgan fingerprint density at radius 2 is 2.18 bits per heavy atom. The molecule has 1 fully saturated rings. The van der Waals surface area contributed by atoms with Crippen LogP contribution >= 0.6 is 0 Å². The van der Waals surface area contributed by atoms with Gasteiger partial charge < -0.3 is 15.0 Å². The van der Waals surface area contributed by atoms with Gasteiger partial charge in [-0.25, -0.2) is 0 Å². The van der Waals surface area contributed by atoms with Gasteiger partial charge in [-0.05, 0) is 30.7 Å². The number of carbonyl (C=O) groups excluding carboxylic acids is 1. The number of anilines is 1. The van der Waals surface area contributed by atoms with Gasteiger partial charge in [-0.3, -0.25) is 4.79 Å². The largest absolute Gasteiger partial charge is 0.496 e. The summed E-state index contributed by atoms with van der Waals surface area (Å²) >= 11 is 0. The van der Waals surface area contributed by atoms with Gasteiger partial charge in [0.25, 0.3) is 0 Å². The lowest BCUT2D eigenvalue weighted by Gasteiger charge is -2.30. The molecule has 17 heavy (non-hydrogen) atoms. The molecule has 0 unspecified atom stereocenters. The highest BCUT2D eigenvalue weighted by molar-refractivity contribution is 5.95. The van der Waals surface area contributed by atoms with Crippen molar-refractivity contribution in [2.45, 2.75) is 6.92 Å². The molecule has 2 rings (SSSR count). The number of rotatable bonds is 3. The Labute approximate surface area is 102 Å². The topological polar surface area (TPSA) is 41.6 Å². The van der Waals surface area contributed by atoms with Gasteiger partial charge in [-0.15, -0.1) is 0 Å². The van der Waals surface area contributed by atoms with E-state index in [2.05, 4.69) is 5.32 Å². The van der Waals surface area contributed by atoms with Crippen LogP contribution in [0.5, 0.6) is 5.75 Å². The van der Waals surface area contributed by atoms with Crippen LogP contribution in [-0.2, 0) is 4.79 Å². The van der Waals surface area contributed by atoms with E-state index in [0.29, 0.717) is 0 Å². The quantitative estimate of drug-likeness (QED) is 0.854. The van der Waals surface area contributed by atoms with Crippen molar-refractivity contribution < 1.29 is 9.53 Å². The fraction of sp³-hybridized carbons (Fsp3) is 0.462. The van der Waals surface area contributed by atoms with Gasteiger partial charge in [-0.2, -0.15) is 0 Å². The van der Waals surface area contributed by atoms with Crippen molar-refractivity contribution in [2.75, 3.05) is 32.1 Å². The number of hydrogen-bond donors (Lipinski definition) is 1. The predicted octanol–water partition coefficient (Wildman–Crippen LogP) is 1.19. The lowest BCUT2D eigenvalue weighted by molar-refractivity contribution is -0.123. The standard InChI is InChI=1S/C13H18N2O2/c1-9-6-11(4-5-12(9)17-3)15(2)13(16)10-7-14-8-10/h4-6,10,14H,7-8H2,1-3H3. The minimum atomic E-state index is 0.127. The second kappa shape index (κ2) is 4.75. The minimum Gasteiger partial charge on any atom is -0.496 e. The van der Waals surface area contributed by atoms with Gasteiger partial charge >= 0.3 is 0 Å². The number of nitrogens with zero attached hydrogens (tertiary/aromatic N) is 1. The summed E-state index contributed by atoms with van der Waals surface area (Å²) in [5.41, 5.74) is 1.96. The van der Waals surface area contributed by atoms with Crippen LogP contribution in [0.4, 0.5) is 5.69 Å². The highest BCUT2D eigenvalue weighted by Crippen LogP contribution is 2.24. The summed E-state index contributed by atoms with van der Waals surface area (Å²) in [6.07, 6.45) is 0. The van der Waals surface area contributed by atoms with Crippen LogP contribution in [0.3, 0.4) is 0 Å². The number of amides is 1. The Morgan fingerprint density at radius 1 is 1.47 bits per heavy atom. The van der Waals surface area contributed by atoms with Crippen LogP contribution in [-0.4, -0.2) is 33.2 Å². The molecule has 1 aromatic rings. The van der Waals surface area contributed by atoms with Gasteiger partial charge in [-0.1, -0.05) is 0 Å². The van der Waals surface area contributed by atoms with Gasteiger partial charge in [0, 0.05) is 25.8 Å². The Balaban J connectivity index is 2.15. The maximum Gasteiger partial charge on any atom is 0.232 e. The number of methoxy groups -OCH3 is 1. The monoisotopic (exact) mass is 234 g/mol.